The number of benzene rings is 1. The summed E-state index contributed by atoms with van der Waals surface area (Å²) in [5, 5.41) is 15.2. The van der Waals surface area contributed by atoms with Crippen LogP contribution >= 0.6 is 0 Å². The van der Waals surface area contributed by atoms with Crippen molar-refractivity contribution >= 4 is 6.03 Å². The molecule has 0 saturated carbocycles. The fourth-order valence-corrected chi connectivity index (χ4v) is 1.76. The lowest BCUT2D eigenvalue weighted by Gasteiger charge is -2.10. The van der Waals surface area contributed by atoms with E-state index in [4.69, 9.17) is 4.42 Å². The van der Waals surface area contributed by atoms with Crippen molar-refractivity contribution in [1.82, 2.24) is 10.6 Å². The third-order valence-corrected chi connectivity index (χ3v) is 2.84. The van der Waals surface area contributed by atoms with Gasteiger partial charge in [0.15, 0.2) is 0 Å². The Hall–Kier alpha value is -2.27. The largest absolute Gasteiger partial charge is 0.464 e. The highest BCUT2D eigenvalue weighted by atomic mass is 16.4. The monoisotopic (exact) mass is 274 g/mol. The zero-order valence-electron chi connectivity index (χ0n) is 11.3. The van der Waals surface area contributed by atoms with Crippen molar-refractivity contribution in [3.8, 4) is 0 Å². The predicted molar refractivity (Wildman–Crippen MR) is 75.1 cm³/mol. The van der Waals surface area contributed by atoms with Gasteiger partial charge in [-0.2, -0.15) is 0 Å². The van der Waals surface area contributed by atoms with Crippen LogP contribution in [0.1, 0.15) is 23.2 Å². The average molecular weight is 274 g/mol. The minimum atomic E-state index is -0.842. The summed E-state index contributed by atoms with van der Waals surface area (Å²) in [5.41, 5.74) is 1.02. The normalized spacial score (nSPS) is 11.9. The lowest BCUT2D eigenvalue weighted by Crippen LogP contribution is -2.37. The van der Waals surface area contributed by atoms with Crippen LogP contribution in [0, 0.1) is 6.92 Å². The zero-order chi connectivity index (χ0) is 14.4. The molecule has 5 nitrogen and oxygen atoms in total. The summed E-state index contributed by atoms with van der Waals surface area (Å²) in [6.45, 7) is 2.35. The molecule has 106 valence electrons. The lowest BCUT2D eigenvalue weighted by atomic mass is 10.2. The number of urea groups is 1. The maximum Gasteiger partial charge on any atom is 0.315 e. The van der Waals surface area contributed by atoms with E-state index in [0.717, 1.165) is 11.3 Å². The van der Waals surface area contributed by atoms with Crippen molar-refractivity contribution in [2.45, 2.75) is 19.6 Å². The minimum Gasteiger partial charge on any atom is -0.464 e. The van der Waals surface area contributed by atoms with Crippen molar-refractivity contribution in [1.29, 1.82) is 0 Å². The van der Waals surface area contributed by atoms with E-state index in [2.05, 4.69) is 10.6 Å². The molecule has 5 heteroatoms. The molecule has 0 fully saturated rings. The van der Waals surface area contributed by atoms with Gasteiger partial charge in [-0.25, -0.2) is 4.79 Å². The van der Waals surface area contributed by atoms with Gasteiger partial charge in [-0.3, -0.25) is 0 Å². The molecule has 0 bridgehead atoms. The second kappa shape index (κ2) is 6.77. The second-order valence-corrected chi connectivity index (χ2v) is 4.51. The molecule has 0 aliphatic carbocycles. The molecule has 0 radical (unpaired) electrons. The number of furan rings is 1. The first-order chi connectivity index (χ1) is 9.65. The molecule has 1 aromatic heterocycles. The molecule has 0 aliphatic heterocycles. The summed E-state index contributed by atoms with van der Waals surface area (Å²) in [4.78, 5) is 11.6. The Bertz CT molecular complexity index is 551. The predicted octanol–water partition coefficient (Wildman–Crippen LogP) is 2.12. The maximum absolute atomic E-state index is 11.6. The van der Waals surface area contributed by atoms with E-state index in [-0.39, 0.29) is 12.6 Å². The van der Waals surface area contributed by atoms with Crippen LogP contribution in [-0.2, 0) is 6.54 Å². The first kappa shape index (κ1) is 14.1. The van der Waals surface area contributed by atoms with E-state index in [9.17, 15) is 9.90 Å². The fraction of sp³-hybridized carbons (Fsp3) is 0.267. The first-order valence-corrected chi connectivity index (χ1v) is 6.45. The Labute approximate surface area is 117 Å². The molecule has 1 heterocycles. The molecule has 1 atom stereocenters. The van der Waals surface area contributed by atoms with Crippen molar-refractivity contribution in [2.24, 2.45) is 0 Å². The molecular formula is C15H18N2O3. The van der Waals surface area contributed by atoms with Crippen LogP contribution in [0.3, 0.4) is 0 Å². The summed E-state index contributed by atoms with van der Waals surface area (Å²) >= 11 is 0. The second-order valence-electron chi connectivity index (χ2n) is 4.51. The van der Waals surface area contributed by atoms with Gasteiger partial charge in [0.25, 0.3) is 0 Å². The number of carbonyl (C=O) groups excluding carboxylic acids is 1. The standard InChI is InChI=1S/C15H18N2O3/c1-11-7-8-14(20-11)13(18)10-17-15(19)16-9-12-5-3-2-4-6-12/h2-8,13,18H,9-10H2,1H3,(H2,16,17,19). The number of carbonyl (C=O) groups is 1. The van der Waals surface area contributed by atoms with Crippen molar-refractivity contribution < 1.29 is 14.3 Å². The van der Waals surface area contributed by atoms with Crippen LogP contribution in [0.5, 0.6) is 0 Å². The van der Waals surface area contributed by atoms with Crippen LogP contribution in [0.25, 0.3) is 0 Å². The van der Waals surface area contributed by atoms with Gasteiger partial charge >= 0.3 is 6.03 Å². The Kier molecular flexibility index (Phi) is 4.79. The molecule has 0 spiro atoms. The number of aryl methyl sites for hydroxylation is 1. The number of hydrogen-bond acceptors (Lipinski definition) is 3. The van der Waals surface area contributed by atoms with E-state index in [1.807, 2.05) is 30.3 Å². The Morgan fingerprint density at radius 2 is 1.95 bits per heavy atom. The molecule has 1 aromatic carbocycles. The van der Waals surface area contributed by atoms with Gasteiger partial charge in [0, 0.05) is 6.54 Å². The lowest BCUT2D eigenvalue weighted by molar-refractivity contribution is 0.146. The first-order valence-electron chi connectivity index (χ1n) is 6.45. The van der Waals surface area contributed by atoms with E-state index >= 15 is 0 Å². The van der Waals surface area contributed by atoms with Crippen LogP contribution in [0.15, 0.2) is 46.9 Å². The molecule has 0 saturated heterocycles. The van der Waals surface area contributed by atoms with Crippen molar-refractivity contribution in [3.05, 3.63) is 59.5 Å². The molecule has 1 unspecified atom stereocenters. The highest BCUT2D eigenvalue weighted by Crippen LogP contribution is 2.14. The summed E-state index contributed by atoms with van der Waals surface area (Å²) in [5.74, 6) is 1.18. The number of nitrogens with one attached hydrogen (secondary N) is 2. The van der Waals surface area contributed by atoms with Gasteiger partial charge in [-0.05, 0) is 24.6 Å². The average Bonchev–Trinajstić information content (AvgIpc) is 2.90. The van der Waals surface area contributed by atoms with Gasteiger partial charge < -0.3 is 20.2 Å². The third kappa shape index (κ3) is 4.13. The van der Waals surface area contributed by atoms with E-state index in [0.29, 0.717) is 12.3 Å². The van der Waals surface area contributed by atoms with Gasteiger partial charge in [0.2, 0.25) is 0 Å². The maximum atomic E-state index is 11.6. The Balaban J connectivity index is 1.72. The van der Waals surface area contributed by atoms with Crippen LogP contribution in [-0.4, -0.2) is 17.7 Å². The smallest absolute Gasteiger partial charge is 0.315 e. The van der Waals surface area contributed by atoms with Crippen LogP contribution in [0.4, 0.5) is 4.79 Å². The number of hydrogen-bond donors (Lipinski definition) is 3. The number of amides is 2. The molecule has 0 aliphatic rings. The summed E-state index contributed by atoms with van der Waals surface area (Å²) in [6.07, 6.45) is -0.842. The quantitative estimate of drug-likeness (QED) is 0.781. The zero-order valence-corrected chi connectivity index (χ0v) is 11.3. The fourth-order valence-electron chi connectivity index (χ4n) is 1.76. The van der Waals surface area contributed by atoms with E-state index < -0.39 is 6.10 Å². The van der Waals surface area contributed by atoms with Gasteiger partial charge in [0.1, 0.15) is 17.6 Å². The topological polar surface area (TPSA) is 74.5 Å². The van der Waals surface area contributed by atoms with Crippen LogP contribution < -0.4 is 10.6 Å². The molecule has 20 heavy (non-hydrogen) atoms. The van der Waals surface area contributed by atoms with Crippen molar-refractivity contribution in [3.63, 3.8) is 0 Å². The molecule has 2 amide bonds. The third-order valence-electron chi connectivity index (χ3n) is 2.84. The highest BCUT2D eigenvalue weighted by molar-refractivity contribution is 5.73. The van der Waals surface area contributed by atoms with Gasteiger partial charge in [-0.15, -0.1) is 0 Å². The van der Waals surface area contributed by atoms with Gasteiger partial charge in [-0.1, -0.05) is 30.3 Å². The van der Waals surface area contributed by atoms with E-state index in [1.54, 1.807) is 19.1 Å². The summed E-state index contributed by atoms with van der Waals surface area (Å²) < 4.78 is 5.29. The Morgan fingerprint density at radius 1 is 1.20 bits per heavy atom. The van der Waals surface area contributed by atoms with Crippen LogP contribution in [0.2, 0.25) is 0 Å². The molecular weight excluding hydrogens is 256 g/mol. The van der Waals surface area contributed by atoms with Crippen molar-refractivity contribution in [2.75, 3.05) is 6.54 Å². The highest BCUT2D eigenvalue weighted by Gasteiger charge is 2.12. The number of aliphatic hydroxyl groups is 1. The number of rotatable bonds is 5. The van der Waals surface area contributed by atoms with Gasteiger partial charge in [0.05, 0.1) is 6.54 Å². The SMILES string of the molecule is Cc1ccc(C(O)CNC(=O)NCc2ccccc2)o1. The van der Waals surface area contributed by atoms with E-state index in [1.165, 1.54) is 0 Å². The molecule has 2 aromatic rings. The summed E-state index contributed by atoms with van der Waals surface area (Å²) in [7, 11) is 0. The molecule has 2 rings (SSSR count). The number of aliphatic hydroxyl groups excluding tert-OH is 1. The summed E-state index contributed by atoms with van der Waals surface area (Å²) in [6, 6.07) is 12.8. The Morgan fingerprint density at radius 3 is 2.60 bits per heavy atom. The minimum absolute atomic E-state index is 0.105. The molecule has 3 N–H and O–H groups in total.